The summed E-state index contributed by atoms with van der Waals surface area (Å²) < 4.78 is 33.3. The SMILES string of the molecule is C=O.Cc1cc2cccc(S(=O)(=O)[O-])c2cc1C.[Na+]. The van der Waals surface area contributed by atoms with Gasteiger partial charge in [0, 0.05) is 0 Å². The summed E-state index contributed by atoms with van der Waals surface area (Å²) in [4.78, 5) is 7.85. The van der Waals surface area contributed by atoms with E-state index >= 15 is 0 Å². The van der Waals surface area contributed by atoms with E-state index in [1.54, 1.807) is 18.2 Å². The van der Waals surface area contributed by atoms with Crippen molar-refractivity contribution in [1.29, 1.82) is 0 Å². The van der Waals surface area contributed by atoms with Gasteiger partial charge in [-0.05, 0) is 47.9 Å². The molecule has 0 heterocycles. The second-order valence-electron chi connectivity index (χ2n) is 3.87. The van der Waals surface area contributed by atoms with Crippen molar-refractivity contribution >= 4 is 27.7 Å². The maximum Gasteiger partial charge on any atom is 1.00 e. The summed E-state index contributed by atoms with van der Waals surface area (Å²) in [6, 6.07) is 8.37. The molecule has 0 unspecified atom stereocenters. The molecule has 0 aliphatic heterocycles. The smallest absolute Gasteiger partial charge is 0.744 e. The molecule has 96 valence electrons. The number of carbonyl (C=O) groups excluding carboxylic acids is 1. The number of aryl methyl sites for hydroxylation is 2. The number of carbonyl (C=O) groups is 1. The van der Waals surface area contributed by atoms with E-state index in [9.17, 15) is 13.0 Å². The van der Waals surface area contributed by atoms with E-state index in [2.05, 4.69) is 0 Å². The molecule has 0 atom stereocenters. The average molecular weight is 288 g/mol. The van der Waals surface area contributed by atoms with Gasteiger partial charge in [0.15, 0.2) is 0 Å². The minimum atomic E-state index is -4.41. The topological polar surface area (TPSA) is 74.3 Å². The van der Waals surface area contributed by atoms with E-state index in [1.165, 1.54) is 6.07 Å². The van der Waals surface area contributed by atoms with Crippen LogP contribution in [0.25, 0.3) is 10.8 Å². The molecule has 0 saturated heterocycles. The van der Waals surface area contributed by atoms with E-state index in [-0.39, 0.29) is 34.5 Å². The first-order valence-electron chi connectivity index (χ1n) is 5.14. The van der Waals surface area contributed by atoms with Crippen molar-refractivity contribution in [3.05, 3.63) is 41.5 Å². The van der Waals surface area contributed by atoms with Crippen LogP contribution in [-0.2, 0) is 14.9 Å². The molecule has 0 amide bonds. The van der Waals surface area contributed by atoms with Gasteiger partial charge in [0.05, 0.1) is 4.90 Å². The van der Waals surface area contributed by atoms with Crippen LogP contribution in [0.4, 0.5) is 0 Å². The molecule has 0 saturated carbocycles. The van der Waals surface area contributed by atoms with Gasteiger partial charge in [-0.3, -0.25) is 0 Å². The van der Waals surface area contributed by atoms with Gasteiger partial charge in [-0.25, -0.2) is 8.42 Å². The van der Waals surface area contributed by atoms with Gasteiger partial charge < -0.3 is 9.35 Å². The first-order valence-corrected chi connectivity index (χ1v) is 6.55. The fourth-order valence-electron chi connectivity index (χ4n) is 1.74. The zero-order valence-electron chi connectivity index (χ0n) is 11.1. The van der Waals surface area contributed by atoms with Crippen LogP contribution in [-0.4, -0.2) is 19.8 Å². The monoisotopic (exact) mass is 288 g/mol. The quantitative estimate of drug-likeness (QED) is 0.507. The average Bonchev–Trinajstić information content (AvgIpc) is 2.31. The van der Waals surface area contributed by atoms with E-state index in [0.29, 0.717) is 5.39 Å². The predicted molar refractivity (Wildman–Crippen MR) is 68.5 cm³/mol. The molecule has 2 aromatic carbocycles. The maximum atomic E-state index is 11.1. The molecule has 0 N–H and O–H groups in total. The van der Waals surface area contributed by atoms with E-state index in [0.717, 1.165) is 16.5 Å². The Labute approximate surface area is 134 Å². The molecule has 19 heavy (non-hydrogen) atoms. The zero-order chi connectivity index (χ0) is 13.9. The van der Waals surface area contributed by atoms with Crippen molar-refractivity contribution in [3.63, 3.8) is 0 Å². The van der Waals surface area contributed by atoms with Crippen molar-refractivity contribution < 1.29 is 47.3 Å². The van der Waals surface area contributed by atoms with Crippen LogP contribution in [0.5, 0.6) is 0 Å². The first-order chi connectivity index (χ1) is 8.39. The third kappa shape index (κ3) is 4.12. The largest absolute Gasteiger partial charge is 1.00 e. The fraction of sp³-hybridized carbons (Fsp3) is 0.154. The van der Waals surface area contributed by atoms with Gasteiger partial charge in [-0.1, -0.05) is 18.2 Å². The Kier molecular flexibility index (Phi) is 6.89. The normalized spacial score (nSPS) is 10.3. The standard InChI is InChI=1S/C12H12O3S.CH2O.Na/c1-8-6-10-4-3-5-12(16(13,14)15)11(10)7-9(8)2;1-2;/h3-7H,1-2H3,(H,13,14,15);1H2;/q;;+1/p-1. The van der Waals surface area contributed by atoms with Crippen molar-refractivity contribution in [1.82, 2.24) is 0 Å². The Balaban J connectivity index is 0.00000103. The molecule has 0 aromatic heterocycles. The third-order valence-electron chi connectivity index (χ3n) is 2.72. The molecule has 0 aliphatic carbocycles. The summed E-state index contributed by atoms with van der Waals surface area (Å²) in [7, 11) is -4.41. The molecule has 2 rings (SSSR count). The summed E-state index contributed by atoms with van der Waals surface area (Å²) in [5.74, 6) is 0. The van der Waals surface area contributed by atoms with Crippen LogP contribution in [0.3, 0.4) is 0 Å². The van der Waals surface area contributed by atoms with Crippen LogP contribution in [0.1, 0.15) is 11.1 Å². The van der Waals surface area contributed by atoms with Crippen molar-refractivity contribution in [2.45, 2.75) is 18.7 Å². The minimum absolute atomic E-state index is 0. The molecule has 2 aromatic rings. The number of rotatable bonds is 1. The van der Waals surface area contributed by atoms with E-state index in [4.69, 9.17) is 4.79 Å². The summed E-state index contributed by atoms with van der Waals surface area (Å²) in [6.45, 7) is 5.84. The fourth-order valence-corrected chi connectivity index (χ4v) is 2.43. The number of benzene rings is 2. The first kappa shape index (κ1) is 18.3. The molecule has 4 nitrogen and oxygen atoms in total. The predicted octanol–water partition coefficient (Wildman–Crippen LogP) is -0.820. The minimum Gasteiger partial charge on any atom is -0.744 e. The molecule has 0 radical (unpaired) electrons. The van der Waals surface area contributed by atoms with Crippen LogP contribution < -0.4 is 29.6 Å². The summed E-state index contributed by atoms with van der Waals surface area (Å²) >= 11 is 0. The van der Waals surface area contributed by atoms with Crippen LogP contribution in [0.15, 0.2) is 35.2 Å². The van der Waals surface area contributed by atoms with Gasteiger partial charge >= 0.3 is 29.6 Å². The third-order valence-corrected chi connectivity index (χ3v) is 3.62. The van der Waals surface area contributed by atoms with Gasteiger partial charge in [0.25, 0.3) is 0 Å². The maximum absolute atomic E-state index is 11.1. The second-order valence-corrected chi connectivity index (χ2v) is 5.22. The van der Waals surface area contributed by atoms with Gasteiger partial charge in [-0.2, -0.15) is 0 Å². The second kappa shape index (κ2) is 7.17. The van der Waals surface area contributed by atoms with Crippen molar-refractivity contribution in [3.8, 4) is 0 Å². The Morgan fingerprint density at radius 1 is 1.05 bits per heavy atom. The molecule has 0 bridgehead atoms. The molecule has 0 spiro atoms. The Morgan fingerprint density at radius 3 is 2.11 bits per heavy atom. The molecular weight excluding hydrogens is 275 g/mol. The molecule has 6 heteroatoms. The van der Waals surface area contributed by atoms with Crippen molar-refractivity contribution in [2.75, 3.05) is 0 Å². The zero-order valence-corrected chi connectivity index (χ0v) is 14.0. The summed E-state index contributed by atoms with van der Waals surface area (Å²) in [6.07, 6.45) is 0. The number of hydrogen-bond acceptors (Lipinski definition) is 4. The van der Waals surface area contributed by atoms with Crippen molar-refractivity contribution in [2.24, 2.45) is 0 Å². The summed E-state index contributed by atoms with van der Waals surface area (Å²) in [5.41, 5.74) is 2.05. The van der Waals surface area contributed by atoms with Crippen LogP contribution >= 0.6 is 0 Å². The molecule has 0 aliphatic rings. The number of hydrogen-bond donors (Lipinski definition) is 0. The van der Waals surface area contributed by atoms with Gasteiger partial charge in [-0.15, -0.1) is 0 Å². The van der Waals surface area contributed by atoms with E-state index < -0.39 is 10.1 Å². The Hall–Kier alpha value is -0.720. The van der Waals surface area contributed by atoms with Crippen LogP contribution in [0, 0.1) is 13.8 Å². The molecule has 0 fully saturated rings. The molecular formula is C13H13NaO4S. The van der Waals surface area contributed by atoms with Crippen LogP contribution in [0.2, 0.25) is 0 Å². The van der Waals surface area contributed by atoms with Gasteiger partial charge in [0.2, 0.25) is 0 Å². The van der Waals surface area contributed by atoms with Gasteiger partial charge in [0.1, 0.15) is 16.9 Å². The number of fused-ring (bicyclic) bond motifs is 1. The summed E-state index contributed by atoms with van der Waals surface area (Å²) in [5, 5.41) is 1.28. The van der Waals surface area contributed by atoms with E-state index in [1.807, 2.05) is 26.7 Å². The Morgan fingerprint density at radius 2 is 1.58 bits per heavy atom. The Bertz CT molecular complexity index is 680.